The van der Waals surface area contributed by atoms with Gasteiger partial charge in [-0.15, -0.1) is 0 Å². The molecule has 186 valence electrons. The minimum Gasteiger partial charge on any atom is -0.464 e. The summed E-state index contributed by atoms with van der Waals surface area (Å²) in [7, 11) is 0. The van der Waals surface area contributed by atoms with E-state index < -0.39 is 35.0 Å². The topological polar surface area (TPSA) is 142 Å². The second-order valence-electron chi connectivity index (χ2n) is 7.07. The minimum absolute atomic E-state index is 0.123. The zero-order valence-corrected chi connectivity index (χ0v) is 19.8. The molecule has 33 heavy (non-hydrogen) atoms. The summed E-state index contributed by atoms with van der Waals surface area (Å²) in [5.41, 5.74) is 0.0213. The highest BCUT2D eigenvalue weighted by Gasteiger charge is 2.23. The molecule has 0 saturated carbocycles. The van der Waals surface area contributed by atoms with Crippen molar-refractivity contribution >= 4 is 23.6 Å². The van der Waals surface area contributed by atoms with Gasteiger partial charge in [0.1, 0.15) is 0 Å². The molecular formula is C23H35NO9. The van der Waals surface area contributed by atoms with Crippen molar-refractivity contribution in [3.63, 3.8) is 0 Å². The number of benzene rings is 1. The molecule has 0 aliphatic carbocycles. The number of hydrogen-bond donors (Lipinski definition) is 1. The summed E-state index contributed by atoms with van der Waals surface area (Å²) in [6.07, 6.45) is 2.31. The SMILES string of the molecule is CCCCOC(=O)C(CC)OC(=O)c1ccc([N+](=O)[O-])cc1.CCCCOC(=O)C(O)CC. The lowest BCUT2D eigenvalue weighted by molar-refractivity contribution is -0.384. The van der Waals surface area contributed by atoms with Crippen LogP contribution in [0, 0.1) is 10.1 Å². The number of nitro groups is 1. The third-order valence-corrected chi connectivity index (χ3v) is 4.34. The molecule has 0 radical (unpaired) electrons. The number of non-ortho nitro benzene ring substituents is 1. The Hall–Kier alpha value is -3.01. The second-order valence-corrected chi connectivity index (χ2v) is 7.07. The van der Waals surface area contributed by atoms with Crippen molar-refractivity contribution in [2.75, 3.05) is 13.2 Å². The monoisotopic (exact) mass is 469 g/mol. The highest BCUT2D eigenvalue weighted by molar-refractivity contribution is 5.91. The number of nitrogens with zero attached hydrogens (tertiary/aromatic N) is 1. The van der Waals surface area contributed by atoms with Crippen molar-refractivity contribution in [2.24, 2.45) is 0 Å². The summed E-state index contributed by atoms with van der Waals surface area (Å²) in [5, 5.41) is 19.5. The van der Waals surface area contributed by atoms with E-state index in [4.69, 9.17) is 19.3 Å². The first-order chi connectivity index (χ1) is 15.7. The molecule has 0 heterocycles. The highest BCUT2D eigenvalue weighted by atomic mass is 16.6. The van der Waals surface area contributed by atoms with Crippen LogP contribution in [0.3, 0.4) is 0 Å². The van der Waals surface area contributed by atoms with Crippen molar-refractivity contribution < 1.29 is 38.6 Å². The average molecular weight is 470 g/mol. The van der Waals surface area contributed by atoms with Gasteiger partial charge in [-0.05, 0) is 37.8 Å². The first-order valence-electron chi connectivity index (χ1n) is 11.2. The number of carbonyl (C=O) groups excluding carboxylic acids is 3. The van der Waals surface area contributed by atoms with Gasteiger partial charge in [0.15, 0.2) is 12.2 Å². The summed E-state index contributed by atoms with van der Waals surface area (Å²) in [6.45, 7) is 8.15. The third kappa shape index (κ3) is 12.6. The van der Waals surface area contributed by atoms with Gasteiger partial charge in [0, 0.05) is 12.1 Å². The molecule has 0 spiro atoms. The Kier molecular flexibility index (Phi) is 15.9. The largest absolute Gasteiger partial charge is 0.464 e. The zero-order chi connectivity index (χ0) is 25.2. The fourth-order valence-electron chi connectivity index (χ4n) is 2.20. The van der Waals surface area contributed by atoms with E-state index in [0.717, 1.165) is 25.7 Å². The Balaban J connectivity index is 0.000000785. The van der Waals surface area contributed by atoms with Crippen molar-refractivity contribution in [2.45, 2.75) is 78.4 Å². The maximum Gasteiger partial charge on any atom is 0.347 e. The van der Waals surface area contributed by atoms with Gasteiger partial charge in [-0.2, -0.15) is 0 Å². The van der Waals surface area contributed by atoms with Crippen LogP contribution < -0.4 is 0 Å². The lowest BCUT2D eigenvalue weighted by Gasteiger charge is -2.15. The standard InChI is InChI=1S/C15H19NO6.C8H16O3/c1-3-5-10-21-15(18)13(4-2)22-14(17)11-6-8-12(9-7-11)16(19)20;1-3-5-6-11-8(10)7(9)4-2/h6-9,13H,3-5,10H2,1-2H3;7,9H,3-6H2,1-2H3. The third-order valence-electron chi connectivity index (χ3n) is 4.34. The molecule has 2 atom stereocenters. The lowest BCUT2D eigenvalue weighted by Crippen LogP contribution is -2.29. The Morgan fingerprint density at radius 3 is 1.85 bits per heavy atom. The maximum absolute atomic E-state index is 11.9. The molecule has 0 amide bonds. The van der Waals surface area contributed by atoms with E-state index in [0.29, 0.717) is 26.1 Å². The van der Waals surface area contributed by atoms with E-state index in [2.05, 4.69) is 0 Å². The molecule has 1 aromatic carbocycles. The molecule has 1 rings (SSSR count). The van der Waals surface area contributed by atoms with Crippen LogP contribution in [-0.2, 0) is 23.8 Å². The Bertz CT molecular complexity index is 734. The van der Waals surface area contributed by atoms with E-state index >= 15 is 0 Å². The van der Waals surface area contributed by atoms with Crippen LogP contribution in [0.25, 0.3) is 0 Å². The molecule has 0 aliphatic heterocycles. The number of unbranched alkanes of at least 4 members (excludes halogenated alkanes) is 2. The van der Waals surface area contributed by atoms with Gasteiger partial charge in [0.2, 0.25) is 0 Å². The van der Waals surface area contributed by atoms with Gasteiger partial charge in [-0.3, -0.25) is 10.1 Å². The Morgan fingerprint density at radius 2 is 1.42 bits per heavy atom. The molecule has 10 nitrogen and oxygen atoms in total. The summed E-state index contributed by atoms with van der Waals surface area (Å²) < 4.78 is 14.9. The van der Waals surface area contributed by atoms with E-state index in [-0.39, 0.29) is 11.3 Å². The summed E-state index contributed by atoms with van der Waals surface area (Å²) in [5.74, 6) is -1.79. The first-order valence-corrected chi connectivity index (χ1v) is 11.2. The number of hydrogen-bond acceptors (Lipinski definition) is 9. The molecule has 1 N–H and O–H groups in total. The van der Waals surface area contributed by atoms with Crippen molar-refractivity contribution in [3.8, 4) is 0 Å². The molecule has 0 fully saturated rings. The molecule has 1 aromatic rings. The van der Waals surface area contributed by atoms with Crippen LogP contribution in [0.2, 0.25) is 0 Å². The van der Waals surface area contributed by atoms with E-state index in [1.54, 1.807) is 13.8 Å². The molecular weight excluding hydrogens is 434 g/mol. The highest BCUT2D eigenvalue weighted by Crippen LogP contribution is 2.14. The minimum atomic E-state index is -0.973. The van der Waals surface area contributed by atoms with Crippen molar-refractivity contribution in [1.82, 2.24) is 0 Å². The molecule has 0 saturated heterocycles. The second kappa shape index (κ2) is 17.5. The predicted molar refractivity (Wildman–Crippen MR) is 121 cm³/mol. The van der Waals surface area contributed by atoms with E-state index in [9.17, 15) is 24.5 Å². The first kappa shape index (κ1) is 30.0. The lowest BCUT2D eigenvalue weighted by atomic mass is 10.2. The predicted octanol–water partition coefficient (Wildman–Crippen LogP) is 3.97. The number of carbonyl (C=O) groups is 3. The maximum atomic E-state index is 11.9. The Labute approximate surface area is 194 Å². The average Bonchev–Trinajstić information content (AvgIpc) is 2.82. The zero-order valence-electron chi connectivity index (χ0n) is 19.8. The van der Waals surface area contributed by atoms with Gasteiger partial charge < -0.3 is 19.3 Å². The van der Waals surface area contributed by atoms with Gasteiger partial charge in [0.25, 0.3) is 5.69 Å². The quantitative estimate of drug-likeness (QED) is 0.149. The number of nitro benzene ring substituents is 1. The molecule has 2 unspecified atom stereocenters. The van der Waals surface area contributed by atoms with Crippen LogP contribution >= 0.6 is 0 Å². The fraction of sp³-hybridized carbons (Fsp3) is 0.609. The number of ether oxygens (including phenoxy) is 3. The molecule has 10 heteroatoms. The van der Waals surface area contributed by atoms with Crippen molar-refractivity contribution in [3.05, 3.63) is 39.9 Å². The van der Waals surface area contributed by atoms with Crippen molar-refractivity contribution in [1.29, 1.82) is 0 Å². The molecule has 0 aliphatic rings. The number of aliphatic hydroxyl groups excluding tert-OH is 1. The fourth-order valence-corrected chi connectivity index (χ4v) is 2.20. The van der Waals surface area contributed by atoms with Gasteiger partial charge in [-0.25, -0.2) is 14.4 Å². The van der Waals surface area contributed by atoms with Gasteiger partial charge in [-0.1, -0.05) is 40.5 Å². The van der Waals surface area contributed by atoms with Crippen LogP contribution in [0.4, 0.5) is 5.69 Å². The molecule has 0 aromatic heterocycles. The normalized spacial score (nSPS) is 11.9. The smallest absolute Gasteiger partial charge is 0.347 e. The van der Waals surface area contributed by atoms with Crippen LogP contribution in [0.5, 0.6) is 0 Å². The van der Waals surface area contributed by atoms with E-state index in [1.807, 2.05) is 13.8 Å². The van der Waals surface area contributed by atoms with Crippen LogP contribution in [0.15, 0.2) is 24.3 Å². The van der Waals surface area contributed by atoms with Crippen LogP contribution in [0.1, 0.15) is 76.6 Å². The van der Waals surface area contributed by atoms with E-state index in [1.165, 1.54) is 24.3 Å². The van der Waals surface area contributed by atoms with Crippen LogP contribution in [-0.4, -0.2) is 53.4 Å². The number of esters is 3. The Morgan fingerprint density at radius 1 is 0.909 bits per heavy atom. The van der Waals surface area contributed by atoms with Gasteiger partial charge in [0.05, 0.1) is 23.7 Å². The summed E-state index contributed by atoms with van der Waals surface area (Å²) in [6, 6.07) is 4.99. The summed E-state index contributed by atoms with van der Waals surface area (Å²) in [4.78, 5) is 44.5. The van der Waals surface area contributed by atoms with Gasteiger partial charge >= 0.3 is 17.9 Å². The molecule has 0 bridgehead atoms. The number of rotatable bonds is 13. The summed E-state index contributed by atoms with van der Waals surface area (Å²) >= 11 is 0. The number of aliphatic hydroxyl groups is 1.